The average Bonchev–Trinajstić information content (AvgIpc) is 3.37. The molecule has 0 spiro atoms. The molecular formula is C18H30IN3O2. The zero-order valence-corrected chi connectivity index (χ0v) is 17.0. The van der Waals surface area contributed by atoms with Gasteiger partial charge in [0.1, 0.15) is 12.4 Å². The van der Waals surface area contributed by atoms with Crippen LogP contribution in [0.2, 0.25) is 0 Å². The minimum absolute atomic E-state index is 0. The standard InChI is InChI=1S/C18H29N3O2.HI/c1-3-19-18(20-10-12-22-14-16-6-7-16)21-11-13-23-17-8-4-15(2)5-9-17;/h4-5,8-9,16H,3,6-7,10-14H2,1-2H3,(H2,19,20,21);1H. The zero-order valence-electron chi connectivity index (χ0n) is 14.7. The molecule has 0 saturated heterocycles. The molecule has 1 aromatic carbocycles. The number of guanidine groups is 1. The quantitative estimate of drug-likeness (QED) is 0.251. The van der Waals surface area contributed by atoms with Crippen molar-refractivity contribution < 1.29 is 9.47 Å². The van der Waals surface area contributed by atoms with Crippen molar-refractivity contribution in [1.29, 1.82) is 0 Å². The Hall–Kier alpha value is -1.02. The summed E-state index contributed by atoms with van der Waals surface area (Å²) in [5.74, 6) is 2.52. The molecule has 1 aliphatic carbocycles. The predicted molar refractivity (Wildman–Crippen MR) is 110 cm³/mol. The van der Waals surface area contributed by atoms with Gasteiger partial charge in [0.15, 0.2) is 5.96 Å². The number of hydrogen-bond donors (Lipinski definition) is 2. The zero-order chi connectivity index (χ0) is 16.3. The molecule has 6 heteroatoms. The Morgan fingerprint density at radius 1 is 1.17 bits per heavy atom. The number of nitrogens with one attached hydrogen (secondary N) is 2. The number of halogens is 1. The topological polar surface area (TPSA) is 54.9 Å². The highest BCUT2D eigenvalue weighted by Gasteiger charge is 2.20. The maximum Gasteiger partial charge on any atom is 0.191 e. The van der Waals surface area contributed by atoms with Gasteiger partial charge in [-0.15, -0.1) is 24.0 Å². The number of aryl methyl sites for hydroxylation is 1. The third-order valence-electron chi connectivity index (χ3n) is 3.58. The first-order valence-corrected chi connectivity index (χ1v) is 8.57. The van der Waals surface area contributed by atoms with Gasteiger partial charge in [-0.25, -0.2) is 0 Å². The Labute approximate surface area is 162 Å². The molecule has 0 amide bonds. The maximum atomic E-state index is 5.70. The van der Waals surface area contributed by atoms with Gasteiger partial charge < -0.3 is 20.1 Å². The minimum Gasteiger partial charge on any atom is -0.492 e. The van der Waals surface area contributed by atoms with Crippen LogP contribution < -0.4 is 15.4 Å². The van der Waals surface area contributed by atoms with E-state index in [-0.39, 0.29) is 24.0 Å². The van der Waals surface area contributed by atoms with Crippen molar-refractivity contribution in [3.05, 3.63) is 29.8 Å². The summed E-state index contributed by atoms with van der Waals surface area (Å²) < 4.78 is 11.3. The smallest absolute Gasteiger partial charge is 0.191 e. The highest BCUT2D eigenvalue weighted by Crippen LogP contribution is 2.28. The summed E-state index contributed by atoms with van der Waals surface area (Å²) in [7, 11) is 0. The second kappa shape index (κ2) is 12.4. The van der Waals surface area contributed by atoms with E-state index in [1.807, 2.05) is 12.1 Å². The van der Waals surface area contributed by atoms with Crippen LogP contribution in [0.4, 0.5) is 0 Å². The van der Waals surface area contributed by atoms with E-state index in [2.05, 4.69) is 41.6 Å². The number of hydrogen-bond acceptors (Lipinski definition) is 3. The summed E-state index contributed by atoms with van der Waals surface area (Å²) in [6.07, 6.45) is 2.66. The number of benzene rings is 1. The number of rotatable bonds is 10. The summed E-state index contributed by atoms with van der Waals surface area (Å²) in [6.45, 7) is 8.54. The molecule has 2 rings (SSSR count). The lowest BCUT2D eigenvalue weighted by atomic mass is 10.2. The predicted octanol–water partition coefficient (Wildman–Crippen LogP) is 2.97. The molecule has 5 nitrogen and oxygen atoms in total. The van der Waals surface area contributed by atoms with E-state index in [4.69, 9.17) is 9.47 Å². The summed E-state index contributed by atoms with van der Waals surface area (Å²) in [5.41, 5.74) is 1.24. The molecule has 1 aliphatic rings. The van der Waals surface area contributed by atoms with Crippen LogP contribution in [0.5, 0.6) is 5.75 Å². The van der Waals surface area contributed by atoms with Crippen LogP contribution in [-0.2, 0) is 4.74 Å². The maximum absolute atomic E-state index is 5.70. The molecule has 0 unspecified atom stereocenters. The van der Waals surface area contributed by atoms with Gasteiger partial charge in [-0.2, -0.15) is 0 Å². The lowest BCUT2D eigenvalue weighted by Gasteiger charge is -2.12. The number of ether oxygens (including phenoxy) is 2. The van der Waals surface area contributed by atoms with Crippen molar-refractivity contribution in [1.82, 2.24) is 10.6 Å². The summed E-state index contributed by atoms with van der Waals surface area (Å²) >= 11 is 0. The van der Waals surface area contributed by atoms with Gasteiger partial charge >= 0.3 is 0 Å². The van der Waals surface area contributed by atoms with E-state index < -0.39 is 0 Å². The van der Waals surface area contributed by atoms with E-state index in [1.54, 1.807) is 0 Å². The first kappa shape index (κ1) is 21.0. The van der Waals surface area contributed by atoms with E-state index in [0.29, 0.717) is 26.3 Å². The van der Waals surface area contributed by atoms with Crippen LogP contribution in [0.15, 0.2) is 29.3 Å². The molecule has 0 bridgehead atoms. The molecule has 0 atom stereocenters. The molecule has 0 aromatic heterocycles. The lowest BCUT2D eigenvalue weighted by molar-refractivity contribution is 0.131. The molecule has 1 fully saturated rings. The monoisotopic (exact) mass is 447 g/mol. The molecule has 0 heterocycles. The van der Waals surface area contributed by atoms with Gasteiger partial charge in [0.05, 0.1) is 19.7 Å². The molecule has 1 saturated carbocycles. The largest absolute Gasteiger partial charge is 0.492 e. The third kappa shape index (κ3) is 9.32. The summed E-state index contributed by atoms with van der Waals surface area (Å²) in [6, 6.07) is 8.09. The number of nitrogens with zero attached hydrogens (tertiary/aromatic N) is 1. The van der Waals surface area contributed by atoms with Crippen LogP contribution in [-0.4, -0.2) is 45.4 Å². The van der Waals surface area contributed by atoms with E-state index in [0.717, 1.165) is 30.8 Å². The fourth-order valence-corrected chi connectivity index (χ4v) is 2.07. The van der Waals surface area contributed by atoms with Gasteiger partial charge in [-0.05, 0) is 44.7 Å². The van der Waals surface area contributed by atoms with Crippen LogP contribution in [0.3, 0.4) is 0 Å². The Balaban J connectivity index is 0.00000288. The summed E-state index contributed by atoms with van der Waals surface area (Å²) in [5, 5.41) is 6.50. The van der Waals surface area contributed by atoms with Gasteiger partial charge in [0, 0.05) is 13.2 Å². The fraction of sp³-hybridized carbons (Fsp3) is 0.611. The molecule has 24 heavy (non-hydrogen) atoms. The van der Waals surface area contributed by atoms with Gasteiger partial charge in [0.25, 0.3) is 0 Å². The summed E-state index contributed by atoms with van der Waals surface area (Å²) in [4.78, 5) is 4.50. The van der Waals surface area contributed by atoms with Crippen molar-refractivity contribution in [3.8, 4) is 5.75 Å². The van der Waals surface area contributed by atoms with E-state index in [9.17, 15) is 0 Å². The fourth-order valence-electron chi connectivity index (χ4n) is 2.07. The average molecular weight is 447 g/mol. The highest BCUT2D eigenvalue weighted by atomic mass is 127. The van der Waals surface area contributed by atoms with Crippen molar-refractivity contribution in [2.75, 3.05) is 39.5 Å². The van der Waals surface area contributed by atoms with Crippen molar-refractivity contribution in [2.45, 2.75) is 26.7 Å². The molecule has 136 valence electrons. The van der Waals surface area contributed by atoms with Crippen LogP contribution in [0.1, 0.15) is 25.3 Å². The highest BCUT2D eigenvalue weighted by molar-refractivity contribution is 14.0. The Kier molecular flexibility index (Phi) is 10.8. The third-order valence-corrected chi connectivity index (χ3v) is 3.58. The minimum atomic E-state index is 0. The first-order chi connectivity index (χ1) is 11.3. The van der Waals surface area contributed by atoms with E-state index >= 15 is 0 Å². The van der Waals surface area contributed by atoms with Gasteiger partial charge in [0.2, 0.25) is 0 Å². The first-order valence-electron chi connectivity index (χ1n) is 8.57. The Morgan fingerprint density at radius 2 is 1.92 bits per heavy atom. The van der Waals surface area contributed by atoms with Crippen LogP contribution in [0.25, 0.3) is 0 Å². The van der Waals surface area contributed by atoms with Crippen molar-refractivity contribution >= 4 is 29.9 Å². The van der Waals surface area contributed by atoms with Crippen molar-refractivity contribution in [3.63, 3.8) is 0 Å². The second-order valence-corrected chi connectivity index (χ2v) is 5.87. The Morgan fingerprint density at radius 3 is 2.58 bits per heavy atom. The lowest BCUT2D eigenvalue weighted by Crippen LogP contribution is -2.39. The molecule has 1 aromatic rings. The molecule has 2 N–H and O–H groups in total. The van der Waals surface area contributed by atoms with Crippen molar-refractivity contribution in [2.24, 2.45) is 10.9 Å². The second-order valence-electron chi connectivity index (χ2n) is 5.87. The SMILES string of the molecule is CCNC(=NCCOCC1CC1)NCCOc1ccc(C)cc1.I. The van der Waals surface area contributed by atoms with Crippen LogP contribution >= 0.6 is 24.0 Å². The normalized spacial score (nSPS) is 14.0. The Bertz CT molecular complexity index is 476. The molecular weight excluding hydrogens is 417 g/mol. The van der Waals surface area contributed by atoms with E-state index in [1.165, 1.54) is 18.4 Å². The van der Waals surface area contributed by atoms with Gasteiger partial charge in [-0.1, -0.05) is 17.7 Å². The van der Waals surface area contributed by atoms with Gasteiger partial charge in [-0.3, -0.25) is 4.99 Å². The van der Waals surface area contributed by atoms with Crippen LogP contribution in [0, 0.1) is 12.8 Å². The molecule has 0 radical (unpaired) electrons. The molecule has 0 aliphatic heterocycles. The number of aliphatic imine (C=N–C) groups is 1.